The highest BCUT2D eigenvalue weighted by Crippen LogP contribution is 2.34. The fraction of sp³-hybridized carbons (Fsp3) is 0.488. The number of hydrogen-bond donors (Lipinski definition) is 5. The van der Waals surface area contributed by atoms with Gasteiger partial charge in [-0.25, -0.2) is 29.5 Å². The number of aliphatic hydroxyl groups is 1. The first-order valence-corrected chi connectivity index (χ1v) is 22.2. The van der Waals surface area contributed by atoms with Gasteiger partial charge in [0.25, 0.3) is 0 Å². The molecule has 17 heteroatoms. The number of rotatable bonds is 15. The Morgan fingerprint density at radius 2 is 1.83 bits per heavy atom. The number of guanidine groups is 1. The van der Waals surface area contributed by atoms with Gasteiger partial charge in [0, 0.05) is 26.2 Å². The quantitative estimate of drug-likeness (QED) is 0.0450. The van der Waals surface area contributed by atoms with E-state index in [9.17, 15) is 18.9 Å². The summed E-state index contributed by atoms with van der Waals surface area (Å²) in [5, 5.41) is 23.0. The minimum Gasteiger partial charge on any atom is -0.496 e. The molecule has 3 aromatic carbocycles. The van der Waals surface area contributed by atoms with E-state index in [4.69, 9.17) is 24.5 Å². The van der Waals surface area contributed by atoms with Crippen LogP contribution < -0.4 is 26.6 Å². The number of nitrogens with zero attached hydrogens (tertiary/aromatic N) is 4. The van der Waals surface area contributed by atoms with Crippen molar-refractivity contribution in [1.82, 2.24) is 31.1 Å². The molecule has 2 aliphatic rings. The van der Waals surface area contributed by atoms with Gasteiger partial charge in [0.2, 0.25) is 22.9 Å². The van der Waals surface area contributed by atoms with Crippen LogP contribution in [0.5, 0.6) is 5.75 Å². The third kappa shape index (κ3) is 11.0. The van der Waals surface area contributed by atoms with Gasteiger partial charge in [-0.3, -0.25) is 9.79 Å². The standard InChI is InChI=1S/C43H58N8O7S2/c1-27-24-34(56-7)28(2)29(3)37(27)60(55)58-49-40(44)45-21-13-17-32(36(52)39-47-31-16-11-12-18-35(31)59-39)46-38(53)33-19-22-50-23-20-43(26-51(33)50,25-30-14-9-8-10-15-30)48-41(54)57-42(4,5)6/h8-12,14-16,18,24,32-33,36,52H,13,17,19-23,25-26H2,1-7H3,(H,46,53)(H,48,54)(H3,44,45,49)/t32?,33-,36?,43+,60?/m0/s1. The maximum absolute atomic E-state index is 14.4. The number of carbonyl (C=O) groups is 2. The number of carbonyl (C=O) groups excluding carboxylic acids is 2. The number of nitrogens with one attached hydrogen (secondary N) is 3. The van der Waals surface area contributed by atoms with Crippen molar-refractivity contribution in [3.63, 3.8) is 0 Å². The topological polar surface area (TPSA) is 193 Å². The molecule has 0 radical (unpaired) electrons. The number of amides is 2. The highest BCUT2D eigenvalue weighted by Gasteiger charge is 2.48. The number of aryl methyl sites for hydroxylation is 1. The Kier molecular flexibility index (Phi) is 14.5. The number of hydrogen-bond acceptors (Lipinski definition) is 12. The lowest BCUT2D eigenvalue weighted by atomic mass is 9.85. The number of aliphatic hydroxyl groups excluding tert-OH is 1. The number of aliphatic imine (C=N–C) groups is 1. The number of benzene rings is 3. The molecule has 2 aliphatic heterocycles. The molecule has 0 spiro atoms. The smallest absolute Gasteiger partial charge is 0.408 e. The van der Waals surface area contributed by atoms with Crippen molar-refractivity contribution < 1.29 is 32.7 Å². The Hall–Kier alpha value is -4.65. The lowest BCUT2D eigenvalue weighted by Crippen LogP contribution is -2.66. The number of nitrogens with two attached hydrogens (primary N) is 1. The number of methoxy groups -OCH3 is 1. The summed E-state index contributed by atoms with van der Waals surface area (Å²) >= 11 is -0.495. The molecule has 6 N–H and O–H groups in total. The van der Waals surface area contributed by atoms with E-state index >= 15 is 0 Å². The van der Waals surface area contributed by atoms with Crippen LogP contribution in [0.25, 0.3) is 10.2 Å². The number of para-hydroxylation sites is 1. The van der Waals surface area contributed by atoms with E-state index in [-0.39, 0.29) is 18.4 Å². The maximum Gasteiger partial charge on any atom is 0.408 e. The molecule has 3 unspecified atom stereocenters. The molecule has 6 rings (SSSR count). The van der Waals surface area contributed by atoms with E-state index in [2.05, 4.69) is 31.1 Å². The molecule has 324 valence electrons. The Balaban J connectivity index is 1.14. The van der Waals surface area contributed by atoms with Gasteiger partial charge < -0.3 is 30.9 Å². The number of hydroxylamine groups is 1. The lowest BCUT2D eigenvalue weighted by molar-refractivity contribution is -0.136. The molecule has 0 aliphatic carbocycles. The molecule has 4 aromatic rings. The summed E-state index contributed by atoms with van der Waals surface area (Å²) < 4.78 is 30.6. The zero-order chi connectivity index (χ0) is 43.2. The molecular formula is C43H58N8O7S2. The number of hydrazine groups is 1. The summed E-state index contributed by atoms with van der Waals surface area (Å²) in [6.45, 7) is 13.0. The Labute approximate surface area is 358 Å². The largest absolute Gasteiger partial charge is 0.496 e. The molecule has 5 atom stereocenters. The van der Waals surface area contributed by atoms with Gasteiger partial charge in [0.1, 0.15) is 28.5 Å². The van der Waals surface area contributed by atoms with Crippen LogP contribution in [0.15, 0.2) is 70.6 Å². The third-order valence-corrected chi connectivity index (χ3v) is 13.3. The summed E-state index contributed by atoms with van der Waals surface area (Å²) in [6, 6.07) is 18.2. The average Bonchev–Trinajstić information content (AvgIpc) is 3.83. The van der Waals surface area contributed by atoms with Crippen molar-refractivity contribution in [2.24, 2.45) is 10.7 Å². The van der Waals surface area contributed by atoms with Gasteiger partial charge in [-0.1, -0.05) is 42.5 Å². The number of thiazole rings is 1. The summed E-state index contributed by atoms with van der Waals surface area (Å²) in [4.78, 5) is 37.2. The number of aromatic nitrogens is 1. The number of fused-ring (bicyclic) bond motifs is 2. The normalized spacial score (nSPS) is 20.3. The van der Waals surface area contributed by atoms with Crippen molar-refractivity contribution in [2.45, 2.75) is 108 Å². The fourth-order valence-corrected chi connectivity index (χ4v) is 9.91. The minimum absolute atomic E-state index is 0.0636. The van der Waals surface area contributed by atoms with Gasteiger partial charge in [0.15, 0.2) is 0 Å². The first-order chi connectivity index (χ1) is 28.6. The molecule has 2 saturated heterocycles. The van der Waals surface area contributed by atoms with Crippen LogP contribution in [0.2, 0.25) is 0 Å². The monoisotopic (exact) mass is 862 g/mol. The van der Waals surface area contributed by atoms with Gasteiger partial charge in [-0.2, -0.15) is 4.28 Å². The second-order valence-corrected chi connectivity index (χ2v) is 18.7. The highest BCUT2D eigenvalue weighted by molar-refractivity contribution is 7.80. The number of ether oxygens (including phenoxy) is 2. The molecule has 60 heavy (non-hydrogen) atoms. The van der Waals surface area contributed by atoms with Crippen molar-refractivity contribution in [2.75, 3.05) is 33.3 Å². The van der Waals surface area contributed by atoms with E-state index in [1.165, 1.54) is 11.3 Å². The predicted octanol–water partition coefficient (Wildman–Crippen LogP) is 5.29. The molecule has 0 bridgehead atoms. The van der Waals surface area contributed by atoms with Crippen LogP contribution in [0.1, 0.15) is 79.8 Å². The van der Waals surface area contributed by atoms with Gasteiger partial charge in [-0.15, -0.1) is 11.3 Å². The lowest BCUT2D eigenvalue weighted by Gasteiger charge is -2.47. The summed E-state index contributed by atoms with van der Waals surface area (Å²) in [5.41, 5.74) is 11.5. The highest BCUT2D eigenvalue weighted by atomic mass is 32.2. The van der Waals surface area contributed by atoms with E-state index in [1.54, 1.807) is 7.11 Å². The van der Waals surface area contributed by atoms with E-state index < -0.39 is 46.5 Å². The first-order valence-electron chi connectivity index (χ1n) is 20.3. The van der Waals surface area contributed by atoms with E-state index in [0.717, 1.165) is 32.5 Å². The summed E-state index contributed by atoms with van der Waals surface area (Å²) in [7, 11) is 1.59. The zero-order valence-electron chi connectivity index (χ0n) is 35.4. The fourth-order valence-electron chi connectivity index (χ4n) is 7.92. The van der Waals surface area contributed by atoms with Crippen LogP contribution in [0.4, 0.5) is 4.79 Å². The zero-order valence-corrected chi connectivity index (χ0v) is 37.1. The van der Waals surface area contributed by atoms with Crippen LogP contribution in [-0.2, 0) is 31.3 Å². The van der Waals surface area contributed by atoms with Crippen LogP contribution in [0.3, 0.4) is 0 Å². The first kappa shape index (κ1) is 44.9. The molecule has 15 nitrogen and oxygen atoms in total. The third-order valence-electron chi connectivity index (χ3n) is 11.0. The second-order valence-electron chi connectivity index (χ2n) is 16.6. The SMILES string of the molecule is COc1cc(C)c(S(=O)ONC(N)=NCCCC(NC(=O)[C@@H]2CCN3CC[C@](Cc4ccccc4)(NC(=O)OC(C)(C)C)CN23)C(O)c2nc3ccccc3s2)c(C)c1C. The molecule has 0 saturated carbocycles. The Morgan fingerprint density at radius 3 is 2.55 bits per heavy atom. The molecule has 1 aromatic heterocycles. The maximum atomic E-state index is 14.4. The minimum atomic E-state index is -1.88. The summed E-state index contributed by atoms with van der Waals surface area (Å²) in [6.07, 6.45) is 1.00. The van der Waals surface area contributed by atoms with Crippen molar-refractivity contribution in [3.8, 4) is 5.75 Å². The molecule has 2 fully saturated rings. The average molecular weight is 863 g/mol. The van der Waals surface area contributed by atoms with Crippen LogP contribution >= 0.6 is 11.3 Å². The van der Waals surface area contributed by atoms with Crippen molar-refractivity contribution in [3.05, 3.63) is 87.9 Å². The Morgan fingerprint density at radius 1 is 1.10 bits per heavy atom. The second kappa shape index (κ2) is 19.4. The van der Waals surface area contributed by atoms with E-state index in [0.29, 0.717) is 67.4 Å². The Bertz CT molecular complexity index is 2160. The van der Waals surface area contributed by atoms with Gasteiger partial charge in [-0.05, 0) is 114 Å². The number of alkyl carbamates (subject to hydrolysis) is 1. The molecule has 2 amide bonds. The van der Waals surface area contributed by atoms with Crippen molar-refractivity contribution >= 4 is 50.6 Å². The molecular weight excluding hydrogens is 805 g/mol. The molecule has 3 heterocycles. The van der Waals surface area contributed by atoms with Crippen LogP contribution in [-0.4, -0.2) is 98.8 Å². The predicted molar refractivity (Wildman–Crippen MR) is 234 cm³/mol. The van der Waals surface area contributed by atoms with Crippen molar-refractivity contribution in [1.29, 1.82) is 0 Å². The van der Waals surface area contributed by atoms with Crippen LogP contribution in [0, 0.1) is 20.8 Å². The van der Waals surface area contributed by atoms with E-state index in [1.807, 2.05) is 102 Å². The summed E-state index contributed by atoms with van der Waals surface area (Å²) in [5.74, 6) is 0.411. The van der Waals surface area contributed by atoms with Gasteiger partial charge in [0.05, 0.1) is 33.8 Å². The van der Waals surface area contributed by atoms with Gasteiger partial charge >= 0.3 is 6.09 Å².